The number of fused-ring (bicyclic) bond motifs is 3. The molecule has 1 heterocycles. The first-order valence-corrected chi connectivity index (χ1v) is 9.38. The molecule has 3 unspecified atom stereocenters. The summed E-state index contributed by atoms with van der Waals surface area (Å²) in [5, 5.41) is 3.80. The highest BCUT2D eigenvalue weighted by Crippen LogP contribution is 2.50. The first-order chi connectivity index (χ1) is 12.1. The molecule has 3 atom stereocenters. The minimum Gasteiger partial charge on any atom is -0.493 e. The molecule has 1 aliphatic heterocycles. The van der Waals surface area contributed by atoms with Crippen molar-refractivity contribution in [3.63, 3.8) is 0 Å². The van der Waals surface area contributed by atoms with Crippen molar-refractivity contribution in [2.24, 2.45) is 11.8 Å². The fraction of sp³-hybridized carbons (Fsp3) is 0.391. The van der Waals surface area contributed by atoms with Crippen molar-refractivity contribution in [1.29, 1.82) is 0 Å². The summed E-state index contributed by atoms with van der Waals surface area (Å²) >= 11 is 0. The predicted molar refractivity (Wildman–Crippen MR) is 104 cm³/mol. The van der Waals surface area contributed by atoms with E-state index in [0.717, 1.165) is 18.8 Å². The maximum absolute atomic E-state index is 5.95. The van der Waals surface area contributed by atoms with E-state index in [1.165, 1.54) is 22.4 Å². The zero-order chi connectivity index (χ0) is 17.4. The van der Waals surface area contributed by atoms with Crippen LogP contribution >= 0.6 is 0 Å². The summed E-state index contributed by atoms with van der Waals surface area (Å²) in [5.41, 5.74) is 5.32. The fourth-order valence-electron chi connectivity index (χ4n) is 4.03. The lowest BCUT2D eigenvalue weighted by molar-refractivity contribution is 0.270. The number of allylic oxidation sites excluding steroid dienone is 2. The van der Waals surface area contributed by atoms with Crippen molar-refractivity contribution in [3.05, 3.63) is 71.3 Å². The molecule has 2 aromatic carbocycles. The average molecular weight is 333 g/mol. The largest absolute Gasteiger partial charge is 0.493 e. The van der Waals surface area contributed by atoms with Crippen molar-refractivity contribution in [3.8, 4) is 5.75 Å². The molecule has 0 aromatic heterocycles. The monoisotopic (exact) mass is 333 g/mol. The number of benzene rings is 2. The van der Waals surface area contributed by atoms with Crippen LogP contribution in [0.2, 0.25) is 0 Å². The second-order valence-corrected chi connectivity index (χ2v) is 7.84. The van der Waals surface area contributed by atoms with E-state index in [4.69, 9.17) is 4.74 Å². The summed E-state index contributed by atoms with van der Waals surface area (Å²) in [6, 6.07) is 15.9. The maximum atomic E-state index is 5.95. The molecule has 2 nitrogen and oxygen atoms in total. The highest BCUT2D eigenvalue weighted by atomic mass is 16.5. The first kappa shape index (κ1) is 16.3. The summed E-state index contributed by atoms with van der Waals surface area (Å²) in [4.78, 5) is 0. The topological polar surface area (TPSA) is 21.3 Å². The molecule has 1 N–H and O–H groups in total. The molecule has 2 aliphatic rings. The summed E-state index contributed by atoms with van der Waals surface area (Å²) in [6.07, 6.45) is 5.86. The molecular weight excluding hydrogens is 306 g/mol. The summed E-state index contributed by atoms with van der Waals surface area (Å²) < 4.78 is 5.95. The van der Waals surface area contributed by atoms with Crippen LogP contribution < -0.4 is 10.1 Å². The molecule has 0 saturated heterocycles. The van der Waals surface area contributed by atoms with E-state index in [2.05, 4.69) is 80.7 Å². The third-order valence-electron chi connectivity index (χ3n) is 5.35. The van der Waals surface area contributed by atoms with E-state index in [9.17, 15) is 0 Å². The van der Waals surface area contributed by atoms with E-state index in [1.54, 1.807) is 0 Å². The Hall–Kier alpha value is -2.22. The third kappa shape index (κ3) is 3.18. The number of aryl methyl sites for hydroxylation is 1. The van der Waals surface area contributed by atoms with Gasteiger partial charge in [0.05, 0.1) is 12.6 Å². The Labute approximate surface area is 150 Å². The predicted octanol–water partition coefficient (Wildman–Crippen LogP) is 5.86. The van der Waals surface area contributed by atoms with Gasteiger partial charge in [-0.15, -0.1) is 0 Å². The molecule has 0 radical (unpaired) electrons. The molecule has 1 aliphatic carbocycles. The van der Waals surface area contributed by atoms with Gasteiger partial charge in [-0.25, -0.2) is 0 Å². The number of anilines is 1. The van der Waals surface area contributed by atoms with Gasteiger partial charge in [-0.2, -0.15) is 0 Å². The van der Waals surface area contributed by atoms with Gasteiger partial charge in [0.1, 0.15) is 5.75 Å². The Morgan fingerprint density at radius 1 is 1.12 bits per heavy atom. The van der Waals surface area contributed by atoms with E-state index >= 15 is 0 Å². The molecule has 0 fully saturated rings. The summed E-state index contributed by atoms with van der Waals surface area (Å²) in [7, 11) is 0. The van der Waals surface area contributed by atoms with Crippen LogP contribution in [0.3, 0.4) is 0 Å². The summed E-state index contributed by atoms with van der Waals surface area (Å²) in [6.45, 7) is 7.28. The second kappa shape index (κ2) is 6.59. The van der Waals surface area contributed by atoms with Gasteiger partial charge in [-0.05, 0) is 54.5 Å². The lowest BCUT2D eigenvalue weighted by atomic mass is 9.77. The lowest BCUT2D eigenvalue weighted by Gasteiger charge is -2.37. The van der Waals surface area contributed by atoms with Crippen LogP contribution in [0.25, 0.3) is 0 Å². The van der Waals surface area contributed by atoms with Gasteiger partial charge in [0.2, 0.25) is 0 Å². The van der Waals surface area contributed by atoms with Crippen molar-refractivity contribution >= 4 is 5.69 Å². The van der Waals surface area contributed by atoms with Crippen LogP contribution in [0.4, 0.5) is 5.69 Å². The first-order valence-electron chi connectivity index (χ1n) is 9.38. The van der Waals surface area contributed by atoms with Gasteiger partial charge >= 0.3 is 0 Å². The highest BCUT2D eigenvalue weighted by Gasteiger charge is 2.37. The number of nitrogens with one attached hydrogen (secondary N) is 1. The van der Waals surface area contributed by atoms with Crippen molar-refractivity contribution in [1.82, 2.24) is 0 Å². The summed E-state index contributed by atoms with van der Waals surface area (Å²) in [5.74, 6) is 2.59. The molecule has 130 valence electrons. The minimum absolute atomic E-state index is 0.371. The Kier molecular flexibility index (Phi) is 4.29. The molecule has 0 saturated carbocycles. The standard InChI is InChI=1S/C23H27NO/c1-15(2)14-25-18-11-12-22-21(13-18)19-5-4-6-20(19)23(24-22)17-9-7-16(3)8-10-17/h4-5,7-13,15,19-20,23-24H,6,14H2,1-3H3. The van der Waals surface area contributed by atoms with Gasteiger partial charge in [0, 0.05) is 11.6 Å². The molecule has 0 bridgehead atoms. The number of hydrogen-bond acceptors (Lipinski definition) is 2. The molecule has 25 heavy (non-hydrogen) atoms. The van der Waals surface area contributed by atoms with Gasteiger partial charge < -0.3 is 10.1 Å². The van der Waals surface area contributed by atoms with Crippen molar-refractivity contribution < 1.29 is 4.74 Å². The Morgan fingerprint density at radius 2 is 1.92 bits per heavy atom. The van der Waals surface area contributed by atoms with Gasteiger partial charge in [-0.1, -0.05) is 55.8 Å². The Bertz CT molecular complexity index is 775. The van der Waals surface area contributed by atoms with E-state index in [-0.39, 0.29) is 0 Å². The van der Waals surface area contributed by atoms with Crippen LogP contribution in [-0.4, -0.2) is 6.61 Å². The second-order valence-electron chi connectivity index (χ2n) is 7.84. The lowest BCUT2D eigenvalue weighted by Crippen LogP contribution is -2.29. The Balaban J connectivity index is 1.65. The van der Waals surface area contributed by atoms with Crippen LogP contribution in [-0.2, 0) is 0 Å². The normalized spacial score (nSPS) is 23.9. The SMILES string of the molecule is Cc1ccc(C2Nc3ccc(OCC(C)C)cc3C3C=CCC32)cc1. The van der Waals surface area contributed by atoms with Gasteiger partial charge in [0.15, 0.2) is 0 Å². The zero-order valence-electron chi connectivity index (χ0n) is 15.3. The molecule has 2 heteroatoms. The van der Waals surface area contributed by atoms with Crippen molar-refractivity contribution in [2.45, 2.75) is 39.2 Å². The van der Waals surface area contributed by atoms with Crippen LogP contribution in [0, 0.1) is 18.8 Å². The van der Waals surface area contributed by atoms with E-state index in [1.807, 2.05) is 0 Å². The average Bonchev–Trinajstić information content (AvgIpc) is 3.10. The minimum atomic E-state index is 0.371. The van der Waals surface area contributed by atoms with E-state index in [0.29, 0.717) is 23.8 Å². The van der Waals surface area contributed by atoms with Crippen LogP contribution in [0.5, 0.6) is 5.75 Å². The van der Waals surface area contributed by atoms with Crippen LogP contribution in [0.15, 0.2) is 54.6 Å². The zero-order valence-corrected chi connectivity index (χ0v) is 15.3. The third-order valence-corrected chi connectivity index (χ3v) is 5.35. The maximum Gasteiger partial charge on any atom is 0.119 e. The smallest absolute Gasteiger partial charge is 0.119 e. The highest BCUT2D eigenvalue weighted by molar-refractivity contribution is 5.61. The molecular formula is C23H27NO. The molecule has 0 spiro atoms. The molecule has 0 amide bonds. The molecule has 4 rings (SSSR count). The fourth-order valence-corrected chi connectivity index (χ4v) is 4.03. The molecule has 2 aromatic rings. The van der Waals surface area contributed by atoms with Crippen LogP contribution in [0.1, 0.15) is 48.9 Å². The Morgan fingerprint density at radius 3 is 2.68 bits per heavy atom. The number of rotatable bonds is 4. The number of ether oxygens (including phenoxy) is 1. The van der Waals surface area contributed by atoms with Crippen molar-refractivity contribution in [2.75, 3.05) is 11.9 Å². The van der Waals surface area contributed by atoms with Gasteiger partial charge in [-0.3, -0.25) is 0 Å². The quantitative estimate of drug-likeness (QED) is 0.708. The number of hydrogen-bond donors (Lipinski definition) is 1. The van der Waals surface area contributed by atoms with E-state index < -0.39 is 0 Å². The van der Waals surface area contributed by atoms with Gasteiger partial charge in [0.25, 0.3) is 0 Å².